The van der Waals surface area contributed by atoms with Gasteiger partial charge in [0.2, 0.25) is 5.91 Å². The molecule has 0 bridgehead atoms. The molecule has 0 aliphatic carbocycles. The number of nitrogens with zero attached hydrogens (tertiary/aromatic N) is 1. The quantitative estimate of drug-likeness (QED) is 0.599. The predicted octanol–water partition coefficient (Wildman–Crippen LogP) is 1.89. The van der Waals surface area contributed by atoms with Crippen LogP contribution in [0.3, 0.4) is 0 Å². The molecule has 100 valence electrons. The zero-order valence-corrected chi connectivity index (χ0v) is 10.9. The normalized spacial score (nSPS) is 23.4. The lowest BCUT2D eigenvalue weighted by atomic mass is 9.82. The minimum atomic E-state index is -0.813. The number of carbonyl (C=O) groups is 2. The van der Waals surface area contributed by atoms with Crippen molar-refractivity contribution in [2.75, 3.05) is 13.1 Å². The molecule has 1 aliphatic rings. The van der Waals surface area contributed by atoms with Crippen LogP contribution in [0.4, 0.5) is 0 Å². The third-order valence-corrected chi connectivity index (χ3v) is 3.53. The van der Waals surface area contributed by atoms with E-state index in [1.54, 1.807) is 11.8 Å². The molecule has 1 atom stereocenters. The van der Waals surface area contributed by atoms with Crippen LogP contribution in [0.25, 0.3) is 0 Å². The highest BCUT2D eigenvalue weighted by Gasteiger charge is 2.39. The van der Waals surface area contributed by atoms with Gasteiger partial charge < -0.3 is 10.0 Å². The van der Waals surface area contributed by atoms with Crippen molar-refractivity contribution in [2.24, 2.45) is 5.41 Å². The number of hydrogen-bond donors (Lipinski definition) is 1. The summed E-state index contributed by atoms with van der Waals surface area (Å²) < 4.78 is 0. The molecule has 4 nitrogen and oxygen atoms in total. The summed E-state index contributed by atoms with van der Waals surface area (Å²) in [6.07, 6.45) is 9.35. The van der Waals surface area contributed by atoms with Gasteiger partial charge in [0, 0.05) is 25.9 Å². The highest BCUT2D eigenvalue weighted by Crippen LogP contribution is 2.30. The van der Waals surface area contributed by atoms with Crippen molar-refractivity contribution in [3.05, 3.63) is 0 Å². The topological polar surface area (TPSA) is 57.6 Å². The van der Waals surface area contributed by atoms with E-state index in [2.05, 4.69) is 5.92 Å². The predicted molar refractivity (Wildman–Crippen MR) is 68.9 cm³/mol. The van der Waals surface area contributed by atoms with E-state index in [-0.39, 0.29) is 5.91 Å². The third kappa shape index (κ3) is 3.76. The molecule has 18 heavy (non-hydrogen) atoms. The van der Waals surface area contributed by atoms with Crippen LogP contribution in [0.1, 0.15) is 45.4 Å². The molecule has 1 rings (SSSR count). The van der Waals surface area contributed by atoms with Gasteiger partial charge >= 0.3 is 5.97 Å². The molecule has 0 saturated carbocycles. The Morgan fingerprint density at radius 1 is 1.44 bits per heavy atom. The van der Waals surface area contributed by atoms with Crippen molar-refractivity contribution in [1.82, 2.24) is 4.90 Å². The maximum absolute atomic E-state index is 12.0. The molecule has 1 amide bonds. The number of carboxylic acids is 1. The van der Waals surface area contributed by atoms with E-state index in [0.717, 1.165) is 19.3 Å². The summed E-state index contributed by atoms with van der Waals surface area (Å²) in [7, 11) is 0. The molecule has 0 aromatic heterocycles. The van der Waals surface area contributed by atoms with Crippen molar-refractivity contribution in [3.63, 3.8) is 0 Å². The van der Waals surface area contributed by atoms with E-state index in [0.29, 0.717) is 32.4 Å². The number of amides is 1. The summed E-state index contributed by atoms with van der Waals surface area (Å²) in [5.74, 6) is 1.79. The van der Waals surface area contributed by atoms with Gasteiger partial charge in [-0.1, -0.05) is 0 Å². The Hall–Kier alpha value is -1.50. The monoisotopic (exact) mass is 251 g/mol. The van der Waals surface area contributed by atoms with Crippen LogP contribution in [-0.2, 0) is 9.59 Å². The number of aliphatic carboxylic acids is 1. The average Bonchev–Trinajstić information content (AvgIpc) is 2.34. The van der Waals surface area contributed by atoms with Crippen LogP contribution in [0.15, 0.2) is 0 Å². The van der Waals surface area contributed by atoms with E-state index in [1.165, 1.54) is 0 Å². The van der Waals surface area contributed by atoms with Crippen LogP contribution in [0.2, 0.25) is 0 Å². The van der Waals surface area contributed by atoms with Crippen LogP contribution in [-0.4, -0.2) is 35.0 Å². The minimum absolute atomic E-state index is 0.0548. The van der Waals surface area contributed by atoms with Crippen LogP contribution in [0, 0.1) is 17.8 Å². The fraction of sp³-hybridized carbons (Fsp3) is 0.714. The molecule has 1 unspecified atom stereocenters. The lowest BCUT2D eigenvalue weighted by Gasteiger charge is -2.37. The molecule has 0 aromatic carbocycles. The number of rotatable bonds is 5. The minimum Gasteiger partial charge on any atom is -0.481 e. The molecular weight excluding hydrogens is 230 g/mol. The number of terminal acetylenes is 1. The molecule has 1 N–H and O–H groups in total. The van der Waals surface area contributed by atoms with Crippen molar-refractivity contribution in [3.8, 4) is 12.3 Å². The number of carbonyl (C=O) groups excluding carboxylic acids is 1. The second kappa shape index (κ2) is 6.44. The fourth-order valence-electron chi connectivity index (χ4n) is 2.29. The number of unbranched alkanes of at least 4 members (excludes halogenated alkanes) is 2. The maximum Gasteiger partial charge on any atom is 0.311 e. The van der Waals surface area contributed by atoms with Gasteiger partial charge in [0.05, 0.1) is 5.41 Å². The lowest BCUT2D eigenvalue weighted by Crippen LogP contribution is -2.48. The van der Waals surface area contributed by atoms with Gasteiger partial charge in [-0.25, -0.2) is 0 Å². The summed E-state index contributed by atoms with van der Waals surface area (Å²) in [6, 6.07) is 0. The van der Waals surface area contributed by atoms with E-state index < -0.39 is 11.4 Å². The standard InChI is InChI=1S/C14H21NO3/c1-3-4-5-6-8-12(16)15-10-7-9-14(2,11-15)13(17)18/h1H,4-11H2,2H3,(H,17,18). The van der Waals surface area contributed by atoms with E-state index in [9.17, 15) is 14.7 Å². The van der Waals surface area contributed by atoms with E-state index in [4.69, 9.17) is 6.42 Å². The fourth-order valence-corrected chi connectivity index (χ4v) is 2.29. The van der Waals surface area contributed by atoms with Crippen molar-refractivity contribution in [2.45, 2.75) is 45.4 Å². The summed E-state index contributed by atoms with van der Waals surface area (Å²) in [6.45, 7) is 2.72. The number of piperidine rings is 1. The molecule has 0 radical (unpaired) electrons. The Morgan fingerprint density at radius 2 is 2.17 bits per heavy atom. The average molecular weight is 251 g/mol. The van der Waals surface area contributed by atoms with E-state index >= 15 is 0 Å². The molecule has 1 aliphatic heterocycles. The third-order valence-electron chi connectivity index (χ3n) is 3.53. The van der Waals surface area contributed by atoms with Crippen LogP contribution < -0.4 is 0 Å². The second-order valence-corrected chi connectivity index (χ2v) is 5.20. The summed E-state index contributed by atoms with van der Waals surface area (Å²) >= 11 is 0. The maximum atomic E-state index is 12.0. The summed E-state index contributed by atoms with van der Waals surface area (Å²) in [4.78, 5) is 24.8. The Balaban J connectivity index is 2.44. The Morgan fingerprint density at radius 3 is 2.78 bits per heavy atom. The molecule has 4 heteroatoms. The molecule has 1 heterocycles. The van der Waals surface area contributed by atoms with Crippen molar-refractivity contribution < 1.29 is 14.7 Å². The summed E-state index contributed by atoms with van der Waals surface area (Å²) in [5, 5.41) is 9.18. The Labute approximate surface area is 108 Å². The first kappa shape index (κ1) is 14.6. The van der Waals surface area contributed by atoms with Gasteiger partial charge in [0.1, 0.15) is 0 Å². The van der Waals surface area contributed by atoms with Crippen molar-refractivity contribution >= 4 is 11.9 Å². The number of carboxylic acid groups (broad SMARTS) is 1. The molecular formula is C14H21NO3. The van der Waals surface area contributed by atoms with Gasteiger partial charge in [-0.15, -0.1) is 12.3 Å². The van der Waals surface area contributed by atoms with Crippen LogP contribution in [0.5, 0.6) is 0 Å². The zero-order valence-electron chi connectivity index (χ0n) is 10.9. The largest absolute Gasteiger partial charge is 0.481 e. The van der Waals surface area contributed by atoms with Crippen LogP contribution >= 0.6 is 0 Å². The van der Waals surface area contributed by atoms with Gasteiger partial charge in [-0.05, 0) is 32.6 Å². The SMILES string of the molecule is C#CCCCCC(=O)N1CCCC(C)(C(=O)O)C1. The highest BCUT2D eigenvalue weighted by atomic mass is 16.4. The molecule has 0 spiro atoms. The highest BCUT2D eigenvalue weighted by molar-refractivity contribution is 5.79. The zero-order chi connectivity index (χ0) is 13.6. The first-order valence-electron chi connectivity index (χ1n) is 6.44. The van der Waals surface area contributed by atoms with Gasteiger partial charge in [0.25, 0.3) is 0 Å². The summed E-state index contributed by atoms with van der Waals surface area (Å²) in [5.41, 5.74) is -0.785. The molecule has 0 aromatic rings. The van der Waals surface area contributed by atoms with Gasteiger partial charge in [0.15, 0.2) is 0 Å². The van der Waals surface area contributed by atoms with Gasteiger partial charge in [-0.2, -0.15) is 0 Å². The smallest absolute Gasteiger partial charge is 0.311 e. The Bertz CT molecular complexity index is 359. The molecule has 1 fully saturated rings. The van der Waals surface area contributed by atoms with E-state index in [1.807, 2.05) is 0 Å². The first-order valence-corrected chi connectivity index (χ1v) is 6.44. The van der Waals surface area contributed by atoms with Crippen molar-refractivity contribution in [1.29, 1.82) is 0 Å². The second-order valence-electron chi connectivity index (χ2n) is 5.20. The first-order chi connectivity index (χ1) is 8.49. The van der Waals surface area contributed by atoms with Gasteiger partial charge in [-0.3, -0.25) is 9.59 Å². The lowest BCUT2D eigenvalue weighted by molar-refractivity contribution is -0.153. The number of hydrogen-bond acceptors (Lipinski definition) is 2. The molecule has 1 saturated heterocycles. The number of likely N-dealkylation sites (tertiary alicyclic amines) is 1. The Kier molecular flexibility index (Phi) is 5.21.